The van der Waals surface area contributed by atoms with Gasteiger partial charge < -0.3 is 5.73 Å². The Morgan fingerprint density at radius 2 is 2.05 bits per heavy atom. The molecule has 3 rings (SSSR count). The summed E-state index contributed by atoms with van der Waals surface area (Å²) in [5.74, 6) is 2.52. The Balaban J connectivity index is 1.86. The number of thioether (sulfide) groups is 1. The van der Waals surface area contributed by atoms with E-state index in [4.69, 9.17) is 5.73 Å². The van der Waals surface area contributed by atoms with Crippen LogP contribution in [0.1, 0.15) is 17.5 Å². The van der Waals surface area contributed by atoms with Crippen LogP contribution >= 0.6 is 27.7 Å². The minimum absolute atomic E-state index is 0.210. The second-order valence-electron chi connectivity index (χ2n) is 5.62. The van der Waals surface area contributed by atoms with Crippen LogP contribution in [0.25, 0.3) is 0 Å². The van der Waals surface area contributed by atoms with E-state index in [1.807, 2.05) is 0 Å². The number of benzene rings is 1. The first kappa shape index (κ1) is 13.9. The molecular weight excluding hydrogens is 320 g/mol. The summed E-state index contributed by atoms with van der Waals surface area (Å²) in [5.41, 5.74) is 9.41. The van der Waals surface area contributed by atoms with Crippen molar-refractivity contribution >= 4 is 27.7 Å². The molecule has 1 atom stereocenters. The van der Waals surface area contributed by atoms with Crippen molar-refractivity contribution in [3.8, 4) is 0 Å². The van der Waals surface area contributed by atoms with E-state index in [1.54, 1.807) is 0 Å². The van der Waals surface area contributed by atoms with E-state index in [0.717, 1.165) is 19.4 Å². The van der Waals surface area contributed by atoms with Crippen molar-refractivity contribution in [3.05, 3.63) is 33.8 Å². The number of aryl methyl sites for hydroxylation is 1. The summed E-state index contributed by atoms with van der Waals surface area (Å²) in [6.45, 7) is 3.19. The number of halogens is 1. The normalized spacial score (nSPS) is 28.1. The fraction of sp³-hybridized carbons (Fsp3) is 0.600. The second kappa shape index (κ2) is 5.76. The Kier molecular flexibility index (Phi) is 4.22. The van der Waals surface area contributed by atoms with Gasteiger partial charge in [0.1, 0.15) is 0 Å². The SMILES string of the molecule is NCC1(N2CCSCC2)CCc2cc(Br)ccc2C1. The highest BCUT2D eigenvalue weighted by atomic mass is 79.9. The van der Waals surface area contributed by atoms with Crippen molar-refractivity contribution in [1.82, 2.24) is 4.90 Å². The van der Waals surface area contributed by atoms with Gasteiger partial charge in [0.05, 0.1) is 0 Å². The molecule has 1 unspecified atom stereocenters. The minimum atomic E-state index is 0.210. The molecule has 0 aromatic heterocycles. The van der Waals surface area contributed by atoms with Gasteiger partial charge in [0, 0.05) is 41.2 Å². The molecule has 0 amide bonds. The van der Waals surface area contributed by atoms with Crippen molar-refractivity contribution in [2.24, 2.45) is 5.73 Å². The monoisotopic (exact) mass is 340 g/mol. The molecule has 19 heavy (non-hydrogen) atoms. The smallest absolute Gasteiger partial charge is 0.0375 e. The summed E-state index contributed by atoms with van der Waals surface area (Å²) in [6, 6.07) is 6.72. The van der Waals surface area contributed by atoms with Crippen LogP contribution in [-0.4, -0.2) is 41.6 Å². The second-order valence-corrected chi connectivity index (χ2v) is 7.76. The van der Waals surface area contributed by atoms with Crippen LogP contribution in [0.3, 0.4) is 0 Å². The maximum atomic E-state index is 6.20. The Morgan fingerprint density at radius 1 is 1.26 bits per heavy atom. The van der Waals surface area contributed by atoms with Gasteiger partial charge in [-0.15, -0.1) is 0 Å². The number of rotatable bonds is 2. The minimum Gasteiger partial charge on any atom is -0.329 e. The lowest BCUT2D eigenvalue weighted by molar-refractivity contribution is 0.0905. The van der Waals surface area contributed by atoms with Crippen molar-refractivity contribution < 1.29 is 0 Å². The molecule has 1 aliphatic carbocycles. The molecule has 0 spiro atoms. The van der Waals surface area contributed by atoms with Crippen LogP contribution in [0, 0.1) is 0 Å². The van der Waals surface area contributed by atoms with E-state index in [-0.39, 0.29) is 5.54 Å². The van der Waals surface area contributed by atoms with Crippen LogP contribution < -0.4 is 5.73 Å². The zero-order valence-electron chi connectivity index (χ0n) is 11.2. The Labute approximate surface area is 128 Å². The van der Waals surface area contributed by atoms with Gasteiger partial charge in [0.25, 0.3) is 0 Å². The maximum Gasteiger partial charge on any atom is 0.0375 e. The van der Waals surface area contributed by atoms with Crippen LogP contribution in [0.15, 0.2) is 22.7 Å². The molecule has 1 saturated heterocycles. The highest BCUT2D eigenvalue weighted by Crippen LogP contribution is 2.35. The Bertz CT molecular complexity index is 459. The predicted octanol–water partition coefficient (Wildman–Crippen LogP) is 2.68. The Hall–Kier alpha value is -0.0300. The van der Waals surface area contributed by atoms with Gasteiger partial charge in [-0.25, -0.2) is 0 Å². The third-order valence-corrected chi connectivity index (χ3v) is 6.05. The average molecular weight is 341 g/mol. The molecule has 4 heteroatoms. The molecule has 1 heterocycles. The summed E-state index contributed by atoms with van der Waals surface area (Å²) >= 11 is 5.65. The highest BCUT2D eigenvalue weighted by Gasteiger charge is 2.39. The summed E-state index contributed by atoms with van der Waals surface area (Å²) < 4.78 is 1.20. The zero-order valence-corrected chi connectivity index (χ0v) is 13.6. The van der Waals surface area contributed by atoms with E-state index in [1.165, 1.54) is 46.6 Å². The maximum absolute atomic E-state index is 6.20. The molecule has 1 fully saturated rings. The van der Waals surface area contributed by atoms with E-state index in [2.05, 4.69) is 50.8 Å². The summed E-state index contributed by atoms with van der Waals surface area (Å²) in [5, 5.41) is 0. The number of nitrogens with two attached hydrogens (primary N) is 1. The van der Waals surface area contributed by atoms with Gasteiger partial charge in [-0.05, 0) is 42.5 Å². The first-order chi connectivity index (χ1) is 9.23. The van der Waals surface area contributed by atoms with Crippen molar-refractivity contribution in [1.29, 1.82) is 0 Å². The third kappa shape index (κ3) is 2.73. The lowest BCUT2D eigenvalue weighted by atomic mass is 9.76. The highest BCUT2D eigenvalue weighted by molar-refractivity contribution is 9.10. The van der Waals surface area contributed by atoms with E-state index < -0.39 is 0 Å². The van der Waals surface area contributed by atoms with Gasteiger partial charge in [-0.1, -0.05) is 22.0 Å². The molecule has 0 bridgehead atoms. The van der Waals surface area contributed by atoms with E-state index >= 15 is 0 Å². The average Bonchev–Trinajstić information content (AvgIpc) is 2.48. The van der Waals surface area contributed by atoms with Crippen LogP contribution in [0.5, 0.6) is 0 Å². The predicted molar refractivity (Wildman–Crippen MR) is 86.9 cm³/mol. The van der Waals surface area contributed by atoms with Gasteiger partial charge >= 0.3 is 0 Å². The Morgan fingerprint density at radius 3 is 2.79 bits per heavy atom. The lowest BCUT2D eigenvalue weighted by Crippen LogP contribution is -2.59. The molecule has 1 aromatic rings. The standard InChI is InChI=1S/C15H21BrN2S/c16-14-2-1-13-10-15(11-17,4-3-12(13)9-14)18-5-7-19-8-6-18/h1-2,9H,3-8,10-11,17H2. The lowest BCUT2D eigenvalue weighted by Gasteiger charge is -2.48. The topological polar surface area (TPSA) is 29.3 Å². The van der Waals surface area contributed by atoms with Crippen LogP contribution in [0.2, 0.25) is 0 Å². The molecule has 2 aliphatic rings. The number of fused-ring (bicyclic) bond motifs is 1. The summed E-state index contributed by atoms with van der Waals surface area (Å²) in [7, 11) is 0. The largest absolute Gasteiger partial charge is 0.329 e. The molecule has 1 aromatic carbocycles. The fourth-order valence-corrected chi connectivity index (χ4v) is 4.73. The van der Waals surface area contributed by atoms with Gasteiger partial charge in [0.15, 0.2) is 0 Å². The first-order valence-electron chi connectivity index (χ1n) is 7.04. The van der Waals surface area contributed by atoms with Crippen LogP contribution in [0.4, 0.5) is 0 Å². The van der Waals surface area contributed by atoms with Crippen molar-refractivity contribution in [3.63, 3.8) is 0 Å². The van der Waals surface area contributed by atoms with Crippen molar-refractivity contribution in [2.75, 3.05) is 31.1 Å². The van der Waals surface area contributed by atoms with Gasteiger partial charge in [0.2, 0.25) is 0 Å². The molecule has 0 radical (unpaired) electrons. The first-order valence-corrected chi connectivity index (χ1v) is 8.98. The molecule has 2 nitrogen and oxygen atoms in total. The van der Waals surface area contributed by atoms with E-state index in [9.17, 15) is 0 Å². The fourth-order valence-electron chi connectivity index (χ4n) is 3.42. The van der Waals surface area contributed by atoms with Gasteiger partial charge in [-0.3, -0.25) is 4.90 Å². The molecule has 1 aliphatic heterocycles. The molecular formula is C15H21BrN2S. The number of nitrogens with zero attached hydrogens (tertiary/aromatic N) is 1. The molecule has 0 saturated carbocycles. The van der Waals surface area contributed by atoms with E-state index in [0.29, 0.717) is 0 Å². The quantitative estimate of drug-likeness (QED) is 0.897. The molecule has 2 N–H and O–H groups in total. The number of hydrogen-bond acceptors (Lipinski definition) is 3. The summed E-state index contributed by atoms with van der Waals surface area (Å²) in [6.07, 6.45) is 3.49. The van der Waals surface area contributed by atoms with Crippen LogP contribution in [-0.2, 0) is 12.8 Å². The molecule has 104 valence electrons. The zero-order chi connectivity index (χ0) is 13.3. The van der Waals surface area contributed by atoms with Crippen molar-refractivity contribution in [2.45, 2.75) is 24.8 Å². The van der Waals surface area contributed by atoms with Gasteiger partial charge in [-0.2, -0.15) is 11.8 Å². The number of hydrogen-bond donors (Lipinski definition) is 1. The third-order valence-electron chi connectivity index (χ3n) is 4.61. The summed E-state index contributed by atoms with van der Waals surface area (Å²) in [4.78, 5) is 2.66.